The number of nitro benzene ring substituents is 1. The Morgan fingerprint density at radius 2 is 2.12 bits per heavy atom. The van der Waals surface area contributed by atoms with Crippen molar-refractivity contribution in [3.63, 3.8) is 0 Å². The average Bonchev–Trinajstić information content (AvgIpc) is 2.84. The molecule has 0 spiro atoms. The summed E-state index contributed by atoms with van der Waals surface area (Å²) in [7, 11) is 0. The lowest BCUT2D eigenvalue weighted by Gasteiger charge is -2.34. The standard InChI is InChI=1S/C17H20BrN3O3/c1-16(2)12-7-8-17(16,3)14(13(12)18)19-20-15(22)10-5-4-6-11(9-10)21(23)24/h4-6,9,12-13H,7-8H2,1-3H3,(H,20,22)/b19-14+/t12-,13-,17-/m1/s1. The van der Waals surface area contributed by atoms with Crippen LogP contribution in [0.4, 0.5) is 5.69 Å². The Morgan fingerprint density at radius 1 is 1.42 bits per heavy atom. The van der Waals surface area contributed by atoms with Gasteiger partial charge in [0.25, 0.3) is 11.6 Å². The Hall–Kier alpha value is -1.76. The lowest BCUT2D eigenvalue weighted by molar-refractivity contribution is -0.384. The molecule has 2 bridgehead atoms. The average molecular weight is 394 g/mol. The van der Waals surface area contributed by atoms with E-state index in [2.05, 4.69) is 47.2 Å². The number of nitrogens with zero attached hydrogens (tertiary/aromatic N) is 2. The van der Waals surface area contributed by atoms with Gasteiger partial charge in [-0.15, -0.1) is 0 Å². The van der Waals surface area contributed by atoms with E-state index in [9.17, 15) is 14.9 Å². The maximum atomic E-state index is 12.3. The predicted octanol–water partition coefficient (Wildman–Crippen LogP) is 3.90. The van der Waals surface area contributed by atoms with Crippen LogP contribution in [-0.4, -0.2) is 21.4 Å². The molecule has 0 aromatic heterocycles. The van der Waals surface area contributed by atoms with E-state index in [4.69, 9.17) is 0 Å². The van der Waals surface area contributed by atoms with Gasteiger partial charge in [-0.25, -0.2) is 5.43 Å². The van der Waals surface area contributed by atoms with Crippen LogP contribution in [0, 0.1) is 26.9 Å². The highest BCUT2D eigenvalue weighted by atomic mass is 79.9. The number of nitro groups is 1. The van der Waals surface area contributed by atoms with Gasteiger partial charge in [-0.2, -0.15) is 5.10 Å². The molecule has 0 aliphatic heterocycles. The fourth-order valence-electron chi connectivity index (χ4n) is 4.12. The fraction of sp³-hybridized carbons (Fsp3) is 0.529. The third-order valence-corrected chi connectivity index (χ3v) is 7.15. The molecule has 6 nitrogen and oxygen atoms in total. The largest absolute Gasteiger partial charge is 0.271 e. The van der Waals surface area contributed by atoms with Crippen LogP contribution in [0.3, 0.4) is 0 Å². The highest BCUT2D eigenvalue weighted by molar-refractivity contribution is 9.10. The first-order chi connectivity index (χ1) is 11.2. The van der Waals surface area contributed by atoms with Gasteiger partial charge in [0.05, 0.1) is 15.5 Å². The molecule has 3 rings (SSSR count). The Kier molecular flexibility index (Phi) is 4.02. The SMILES string of the molecule is CC1(C)[C@@H]2CC[C@]1(C)/C(=N/NC(=O)c1cccc([N+](=O)[O-])c1)[C@@H]2Br. The molecular formula is C17H20BrN3O3. The molecule has 0 saturated heterocycles. The van der Waals surface area contributed by atoms with Gasteiger partial charge in [-0.05, 0) is 30.2 Å². The minimum absolute atomic E-state index is 0.0538. The molecule has 7 heteroatoms. The van der Waals surface area contributed by atoms with Crippen molar-refractivity contribution in [1.82, 2.24) is 5.43 Å². The van der Waals surface area contributed by atoms with Crippen LogP contribution in [0.1, 0.15) is 44.0 Å². The topological polar surface area (TPSA) is 84.6 Å². The molecular weight excluding hydrogens is 374 g/mol. The molecule has 2 aliphatic rings. The lowest BCUT2D eigenvalue weighted by atomic mass is 9.70. The zero-order chi connectivity index (χ0) is 17.7. The van der Waals surface area contributed by atoms with Crippen molar-refractivity contribution in [3.05, 3.63) is 39.9 Å². The van der Waals surface area contributed by atoms with Crippen molar-refractivity contribution in [2.45, 2.75) is 38.4 Å². The van der Waals surface area contributed by atoms with Crippen molar-refractivity contribution in [1.29, 1.82) is 0 Å². The maximum Gasteiger partial charge on any atom is 0.271 e. The highest BCUT2D eigenvalue weighted by Gasteiger charge is 2.64. The van der Waals surface area contributed by atoms with Gasteiger partial charge < -0.3 is 0 Å². The summed E-state index contributed by atoms with van der Waals surface area (Å²) in [4.78, 5) is 22.8. The molecule has 1 aromatic rings. The monoisotopic (exact) mass is 393 g/mol. The van der Waals surface area contributed by atoms with Gasteiger partial charge in [-0.1, -0.05) is 42.8 Å². The molecule has 1 aromatic carbocycles. The van der Waals surface area contributed by atoms with Crippen LogP contribution >= 0.6 is 15.9 Å². The minimum atomic E-state index is -0.517. The number of hydrogen-bond donors (Lipinski definition) is 1. The van der Waals surface area contributed by atoms with Crippen molar-refractivity contribution >= 4 is 33.2 Å². The van der Waals surface area contributed by atoms with E-state index in [0.29, 0.717) is 5.92 Å². The van der Waals surface area contributed by atoms with Crippen LogP contribution in [0.25, 0.3) is 0 Å². The summed E-state index contributed by atoms with van der Waals surface area (Å²) in [5.41, 5.74) is 3.73. The molecule has 2 saturated carbocycles. The fourth-order valence-corrected chi connectivity index (χ4v) is 5.66. The van der Waals surface area contributed by atoms with Crippen LogP contribution in [0.2, 0.25) is 0 Å². The third kappa shape index (κ3) is 2.37. The van der Waals surface area contributed by atoms with Gasteiger partial charge in [0.15, 0.2) is 0 Å². The van der Waals surface area contributed by atoms with Crippen molar-refractivity contribution < 1.29 is 9.72 Å². The number of hydrazone groups is 1. The van der Waals surface area contributed by atoms with E-state index in [-0.39, 0.29) is 26.9 Å². The van der Waals surface area contributed by atoms with Gasteiger partial charge in [0, 0.05) is 23.1 Å². The summed E-state index contributed by atoms with van der Waals surface area (Å²) in [5.74, 6) is 0.0612. The first-order valence-corrected chi connectivity index (χ1v) is 8.87. The first kappa shape index (κ1) is 17.1. The molecule has 128 valence electrons. The molecule has 2 fully saturated rings. The Bertz CT molecular complexity index is 746. The van der Waals surface area contributed by atoms with Crippen LogP contribution in [0.15, 0.2) is 29.4 Å². The van der Waals surface area contributed by atoms with E-state index in [0.717, 1.165) is 18.6 Å². The summed E-state index contributed by atoms with van der Waals surface area (Å²) < 4.78 is 0. The van der Waals surface area contributed by atoms with Crippen molar-refractivity contribution in [2.75, 3.05) is 0 Å². The van der Waals surface area contributed by atoms with Gasteiger partial charge in [-0.3, -0.25) is 14.9 Å². The number of non-ortho nitro benzene ring substituents is 1. The predicted molar refractivity (Wildman–Crippen MR) is 95.3 cm³/mol. The minimum Gasteiger partial charge on any atom is -0.267 e. The number of amides is 1. The number of halogens is 1. The van der Waals surface area contributed by atoms with Crippen LogP contribution in [0.5, 0.6) is 0 Å². The lowest BCUT2D eigenvalue weighted by Crippen LogP contribution is -2.36. The zero-order valence-electron chi connectivity index (χ0n) is 13.9. The van der Waals surface area contributed by atoms with E-state index in [1.807, 2.05) is 0 Å². The zero-order valence-corrected chi connectivity index (χ0v) is 15.5. The third-order valence-electron chi connectivity index (χ3n) is 6.08. The van der Waals surface area contributed by atoms with E-state index in [1.165, 1.54) is 18.2 Å². The molecule has 0 radical (unpaired) electrons. The smallest absolute Gasteiger partial charge is 0.267 e. The molecule has 1 amide bonds. The summed E-state index contributed by atoms with van der Waals surface area (Å²) in [6, 6.07) is 5.65. The number of carbonyl (C=O) groups excluding carboxylic acids is 1. The number of rotatable bonds is 3. The highest BCUT2D eigenvalue weighted by Crippen LogP contribution is 2.65. The number of benzene rings is 1. The summed E-state index contributed by atoms with van der Waals surface area (Å²) in [6.45, 7) is 6.71. The summed E-state index contributed by atoms with van der Waals surface area (Å²) in [5, 5.41) is 15.2. The molecule has 24 heavy (non-hydrogen) atoms. The number of alkyl halides is 1. The summed E-state index contributed by atoms with van der Waals surface area (Å²) >= 11 is 3.74. The van der Waals surface area contributed by atoms with Crippen molar-refractivity contribution in [3.8, 4) is 0 Å². The second-order valence-electron chi connectivity index (χ2n) is 7.35. The Labute approximate surface area is 149 Å². The van der Waals surface area contributed by atoms with Gasteiger partial charge in [0.1, 0.15) is 0 Å². The summed E-state index contributed by atoms with van der Waals surface area (Å²) in [6.07, 6.45) is 2.20. The van der Waals surface area contributed by atoms with Gasteiger partial charge >= 0.3 is 0 Å². The first-order valence-electron chi connectivity index (χ1n) is 7.95. The van der Waals surface area contributed by atoms with Crippen molar-refractivity contribution in [2.24, 2.45) is 21.8 Å². The van der Waals surface area contributed by atoms with Crippen LogP contribution in [-0.2, 0) is 0 Å². The quantitative estimate of drug-likeness (QED) is 0.479. The van der Waals surface area contributed by atoms with E-state index in [1.54, 1.807) is 6.07 Å². The maximum absolute atomic E-state index is 12.3. The molecule has 3 atom stereocenters. The van der Waals surface area contributed by atoms with E-state index >= 15 is 0 Å². The second kappa shape index (κ2) is 5.65. The molecule has 1 N–H and O–H groups in total. The molecule has 2 aliphatic carbocycles. The second-order valence-corrected chi connectivity index (χ2v) is 8.33. The van der Waals surface area contributed by atoms with E-state index < -0.39 is 10.8 Å². The van der Waals surface area contributed by atoms with Crippen LogP contribution < -0.4 is 5.43 Å². The number of hydrogen-bond acceptors (Lipinski definition) is 4. The Morgan fingerprint density at radius 3 is 2.71 bits per heavy atom. The number of carbonyl (C=O) groups is 1. The normalized spacial score (nSPS) is 32.1. The molecule has 0 unspecified atom stereocenters. The van der Waals surface area contributed by atoms with Gasteiger partial charge in [0.2, 0.25) is 0 Å². The number of nitrogens with one attached hydrogen (secondary N) is 1. The molecule has 0 heterocycles. The Balaban J connectivity index is 1.83. The number of fused-ring (bicyclic) bond motifs is 2.